The smallest absolute Gasteiger partial charge is 0.159 e. The summed E-state index contributed by atoms with van der Waals surface area (Å²) in [6, 6.07) is 0.00227. The molecule has 0 radical (unpaired) electrons. The molecule has 0 saturated carbocycles. The SMILES string of the molecule is CNC1=N[C@@H]2C[C@@H](O)[C@@H]([C@H](C)O)O[C@@H]2S1. The van der Waals surface area contributed by atoms with E-state index in [1.165, 1.54) is 11.8 Å². The van der Waals surface area contributed by atoms with Gasteiger partial charge in [0.2, 0.25) is 0 Å². The van der Waals surface area contributed by atoms with E-state index >= 15 is 0 Å². The van der Waals surface area contributed by atoms with Crippen LogP contribution in [0.3, 0.4) is 0 Å². The summed E-state index contributed by atoms with van der Waals surface area (Å²) in [7, 11) is 1.81. The van der Waals surface area contributed by atoms with Gasteiger partial charge in [0, 0.05) is 13.5 Å². The summed E-state index contributed by atoms with van der Waals surface area (Å²) in [6.07, 6.45) is -1.23. The molecule has 0 aromatic rings. The maximum absolute atomic E-state index is 9.76. The molecule has 6 heteroatoms. The van der Waals surface area contributed by atoms with Gasteiger partial charge in [-0.2, -0.15) is 0 Å². The standard InChI is InChI=1S/C9H16N2O3S/c1-4(12)7-6(13)3-5-8(14-7)15-9(10-2)11-5/h4-8,12-13H,3H2,1-2H3,(H,10,11)/t4-,5+,6+,7+,8+/m0/s1. The molecule has 0 bridgehead atoms. The van der Waals surface area contributed by atoms with Crippen molar-refractivity contribution >= 4 is 16.9 Å². The predicted octanol–water partition coefficient (Wildman–Crippen LogP) is -0.466. The highest BCUT2D eigenvalue weighted by atomic mass is 32.2. The van der Waals surface area contributed by atoms with Crippen molar-refractivity contribution in [3.63, 3.8) is 0 Å². The minimum Gasteiger partial charge on any atom is -0.391 e. The van der Waals surface area contributed by atoms with Crippen molar-refractivity contribution in [2.75, 3.05) is 7.05 Å². The lowest BCUT2D eigenvalue weighted by Crippen LogP contribution is -2.48. The Kier molecular flexibility index (Phi) is 3.20. The lowest BCUT2D eigenvalue weighted by molar-refractivity contribution is -0.136. The third-order valence-electron chi connectivity index (χ3n) is 2.67. The number of aliphatic imine (C=N–C) groups is 1. The monoisotopic (exact) mass is 232 g/mol. The Labute approximate surface area is 92.9 Å². The number of fused-ring (bicyclic) bond motifs is 1. The number of hydrogen-bond donors (Lipinski definition) is 3. The molecule has 1 saturated heterocycles. The van der Waals surface area contributed by atoms with E-state index in [-0.39, 0.29) is 11.5 Å². The fourth-order valence-corrected chi connectivity index (χ4v) is 2.95. The zero-order valence-electron chi connectivity index (χ0n) is 8.75. The molecule has 0 unspecified atom stereocenters. The van der Waals surface area contributed by atoms with Crippen molar-refractivity contribution in [2.45, 2.75) is 43.1 Å². The molecule has 3 N–H and O–H groups in total. The molecule has 0 aliphatic carbocycles. The van der Waals surface area contributed by atoms with Crippen LogP contribution in [0.2, 0.25) is 0 Å². The Balaban J connectivity index is 2.03. The van der Waals surface area contributed by atoms with Crippen molar-refractivity contribution in [1.82, 2.24) is 5.32 Å². The number of amidine groups is 1. The van der Waals surface area contributed by atoms with Crippen LogP contribution in [0.15, 0.2) is 4.99 Å². The fourth-order valence-electron chi connectivity index (χ4n) is 1.90. The van der Waals surface area contributed by atoms with Crippen LogP contribution in [0.5, 0.6) is 0 Å². The van der Waals surface area contributed by atoms with E-state index < -0.39 is 18.3 Å². The van der Waals surface area contributed by atoms with E-state index in [0.29, 0.717) is 6.42 Å². The normalized spacial score (nSPS) is 42.0. The topological polar surface area (TPSA) is 74.1 Å². The van der Waals surface area contributed by atoms with Crippen LogP contribution in [0.4, 0.5) is 0 Å². The number of aliphatic hydroxyl groups excluding tert-OH is 2. The lowest BCUT2D eigenvalue weighted by Gasteiger charge is -2.35. The molecule has 2 aliphatic heterocycles. The molecule has 2 aliphatic rings. The van der Waals surface area contributed by atoms with Gasteiger partial charge >= 0.3 is 0 Å². The predicted molar refractivity (Wildman–Crippen MR) is 58.8 cm³/mol. The molecule has 0 aromatic carbocycles. The second-order valence-electron chi connectivity index (χ2n) is 3.88. The van der Waals surface area contributed by atoms with Gasteiger partial charge < -0.3 is 20.3 Å². The minimum atomic E-state index is -0.653. The molecule has 86 valence electrons. The molecule has 0 spiro atoms. The van der Waals surface area contributed by atoms with Crippen molar-refractivity contribution in [1.29, 1.82) is 0 Å². The Hall–Kier alpha value is -0.300. The number of thioether (sulfide) groups is 1. The van der Waals surface area contributed by atoms with Gasteiger partial charge in [-0.05, 0) is 6.92 Å². The summed E-state index contributed by atoms with van der Waals surface area (Å²) in [5.74, 6) is 0. The molecule has 2 rings (SSSR count). The van der Waals surface area contributed by atoms with E-state index in [4.69, 9.17) is 4.74 Å². The summed E-state index contributed by atoms with van der Waals surface area (Å²) >= 11 is 1.51. The Morgan fingerprint density at radius 2 is 2.40 bits per heavy atom. The molecule has 2 heterocycles. The molecule has 5 nitrogen and oxygen atoms in total. The van der Waals surface area contributed by atoms with E-state index in [0.717, 1.165) is 5.17 Å². The first kappa shape index (κ1) is 11.2. The van der Waals surface area contributed by atoms with Crippen LogP contribution in [-0.2, 0) is 4.74 Å². The minimum absolute atomic E-state index is 0.00227. The first-order valence-corrected chi connectivity index (χ1v) is 5.93. The number of nitrogens with zero attached hydrogens (tertiary/aromatic N) is 1. The van der Waals surface area contributed by atoms with Crippen LogP contribution in [0.1, 0.15) is 13.3 Å². The number of aliphatic hydroxyl groups is 2. The van der Waals surface area contributed by atoms with Gasteiger partial charge in [-0.15, -0.1) is 0 Å². The average molecular weight is 232 g/mol. The molecule has 0 aromatic heterocycles. The molecular weight excluding hydrogens is 216 g/mol. The van der Waals surface area contributed by atoms with Crippen molar-refractivity contribution in [2.24, 2.45) is 4.99 Å². The van der Waals surface area contributed by atoms with E-state index in [9.17, 15) is 10.2 Å². The largest absolute Gasteiger partial charge is 0.391 e. The first-order valence-electron chi connectivity index (χ1n) is 5.05. The van der Waals surface area contributed by atoms with Gasteiger partial charge in [0.05, 0.1) is 18.2 Å². The van der Waals surface area contributed by atoms with Crippen LogP contribution in [0.25, 0.3) is 0 Å². The van der Waals surface area contributed by atoms with Crippen molar-refractivity contribution < 1.29 is 14.9 Å². The third kappa shape index (κ3) is 2.13. The molecule has 15 heavy (non-hydrogen) atoms. The maximum atomic E-state index is 9.76. The molecular formula is C9H16N2O3S. The summed E-state index contributed by atoms with van der Waals surface area (Å²) in [5, 5.41) is 23.0. The van der Waals surface area contributed by atoms with Gasteiger partial charge in [-0.1, -0.05) is 11.8 Å². The Morgan fingerprint density at radius 3 is 3.00 bits per heavy atom. The number of rotatable bonds is 1. The van der Waals surface area contributed by atoms with Crippen LogP contribution in [-0.4, -0.2) is 52.2 Å². The van der Waals surface area contributed by atoms with Crippen molar-refractivity contribution in [3.8, 4) is 0 Å². The van der Waals surface area contributed by atoms with E-state index in [1.807, 2.05) is 7.05 Å². The summed E-state index contributed by atoms with van der Waals surface area (Å²) < 4.78 is 5.62. The van der Waals surface area contributed by atoms with Crippen molar-refractivity contribution in [3.05, 3.63) is 0 Å². The molecule has 5 atom stereocenters. The third-order valence-corrected chi connectivity index (χ3v) is 3.86. The maximum Gasteiger partial charge on any atom is 0.159 e. The second kappa shape index (κ2) is 4.29. The Morgan fingerprint density at radius 1 is 1.67 bits per heavy atom. The van der Waals surface area contributed by atoms with Gasteiger partial charge in [0.25, 0.3) is 0 Å². The zero-order chi connectivity index (χ0) is 11.0. The van der Waals surface area contributed by atoms with Crippen LogP contribution in [0, 0.1) is 0 Å². The summed E-state index contributed by atoms with van der Waals surface area (Å²) in [4.78, 5) is 4.37. The first-order chi connectivity index (χ1) is 7.11. The zero-order valence-corrected chi connectivity index (χ0v) is 9.57. The van der Waals surface area contributed by atoms with E-state index in [1.54, 1.807) is 6.92 Å². The van der Waals surface area contributed by atoms with Crippen LogP contribution < -0.4 is 5.32 Å². The van der Waals surface area contributed by atoms with Gasteiger partial charge in [0.1, 0.15) is 11.5 Å². The number of nitrogens with one attached hydrogen (secondary N) is 1. The number of ether oxygens (including phenoxy) is 1. The highest BCUT2D eigenvalue weighted by Crippen LogP contribution is 2.36. The lowest BCUT2D eigenvalue weighted by atomic mass is 9.99. The van der Waals surface area contributed by atoms with Gasteiger partial charge in [0.15, 0.2) is 5.17 Å². The second-order valence-corrected chi connectivity index (χ2v) is 4.97. The summed E-state index contributed by atoms with van der Waals surface area (Å²) in [5.41, 5.74) is -0.0737. The number of hydrogen-bond acceptors (Lipinski definition) is 6. The highest BCUT2D eigenvalue weighted by Gasteiger charge is 2.43. The average Bonchev–Trinajstić information content (AvgIpc) is 2.58. The molecule has 1 fully saturated rings. The molecule has 0 amide bonds. The highest BCUT2D eigenvalue weighted by molar-refractivity contribution is 8.14. The van der Waals surface area contributed by atoms with Gasteiger partial charge in [-0.25, -0.2) is 0 Å². The van der Waals surface area contributed by atoms with Gasteiger partial charge in [-0.3, -0.25) is 4.99 Å². The van der Waals surface area contributed by atoms with E-state index in [2.05, 4.69) is 10.3 Å². The fraction of sp³-hybridized carbons (Fsp3) is 0.889. The Bertz CT molecular complexity index is 272. The summed E-state index contributed by atoms with van der Waals surface area (Å²) in [6.45, 7) is 1.63. The van der Waals surface area contributed by atoms with Crippen LogP contribution >= 0.6 is 11.8 Å². The quantitative estimate of drug-likeness (QED) is 0.570.